The van der Waals surface area contributed by atoms with E-state index in [1.54, 1.807) is 20.3 Å². The number of aromatic nitrogens is 1. The molecule has 0 atom stereocenters. The fraction of sp³-hybridized carbons (Fsp3) is 0.400. The summed E-state index contributed by atoms with van der Waals surface area (Å²) in [7, 11) is 3.22. The number of nitrogens with one attached hydrogen (secondary N) is 1. The van der Waals surface area contributed by atoms with Crippen LogP contribution in [0.3, 0.4) is 0 Å². The molecule has 0 radical (unpaired) electrons. The quantitative estimate of drug-likeness (QED) is 0.927. The SMILES string of the molecule is CCNc1c(C)c(C)nc2c(OC)cc(Cl)c(OC)c12. The second-order valence-electron chi connectivity index (χ2n) is 4.55. The number of ether oxygens (including phenoxy) is 2. The van der Waals surface area contributed by atoms with Crippen molar-refractivity contribution in [3.05, 3.63) is 22.3 Å². The van der Waals surface area contributed by atoms with Gasteiger partial charge in [-0.15, -0.1) is 0 Å². The summed E-state index contributed by atoms with van der Waals surface area (Å²) in [5, 5.41) is 4.76. The highest BCUT2D eigenvalue weighted by Crippen LogP contribution is 2.43. The zero-order chi connectivity index (χ0) is 14.9. The van der Waals surface area contributed by atoms with Crippen LogP contribution in [0.4, 0.5) is 5.69 Å². The zero-order valence-corrected chi connectivity index (χ0v) is 13.2. The van der Waals surface area contributed by atoms with Gasteiger partial charge in [0.2, 0.25) is 0 Å². The summed E-state index contributed by atoms with van der Waals surface area (Å²) in [4.78, 5) is 4.63. The molecule has 1 aromatic heterocycles. The van der Waals surface area contributed by atoms with E-state index >= 15 is 0 Å². The third-order valence-electron chi connectivity index (χ3n) is 3.40. The van der Waals surface area contributed by atoms with Gasteiger partial charge in [0, 0.05) is 18.3 Å². The fourth-order valence-corrected chi connectivity index (χ4v) is 2.59. The largest absolute Gasteiger partial charge is 0.494 e. The first-order chi connectivity index (χ1) is 9.54. The molecule has 108 valence electrons. The van der Waals surface area contributed by atoms with E-state index in [0.29, 0.717) is 16.5 Å². The van der Waals surface area contributed by atoms with Crippen LogP contribution in [0.15, 0.2) is 6.07 Å². The van der Waals surface area contributed by atoms with Crippen LogP contribution in [0.25, 0.3) is 10.9 Å². The van der Waals surface area contributed by atoms with Crippen LogP contribution >= 0.6 is 11.6 Å². The maximum absolute atomic E-state index is 6.29. The lowest BCUT2D eigenvalue weighted by Crippen LogP contribution is -2.05. The number of methoxy groups -OCH3 is 2. The number of aryl methyl sites for hydroxylation is 1. The molecular weight excluding hydrogens is 276 g/mol. The molecule has 2 rings (SSSR count). The molecule has 5 heteroatoms. The lowest BCUT2D eigenvalue weighted by atomic mass is 10.1. The minimum absolute atomic E-state index is 0.515. The molecule has 0 aliphatic heterocycles. The number of hydrogen-bond donors (Lipinski definition) is 1. The molecule has 0 bridgehead atoms. The Kier molecular flexibility index (Phi) is 4.23. The number of pyridine rings is 1. The Hall–Kier alpha value is -1.68. The average Bonchev–Trinajstić information content (AvgIpc) is 2.43. The summed E-state index contributed by atoms with van der Waals surface area (Å²) in [6.07, 6.45) is 0. The molecular formula is C15H19ClN2O2. The van der Waals surface area contributed by atoms with E-state index in [4.69, 9.17) is 21.1 Å². The summed E-state index contributed by atoms with van der Waals surface area (Å²) in [5.41, 5.74) is 3.79. The molecule has 4 nitrogen and oxygen atoms in total. The monoisotopic (exact) mass is 294 g/mol. The van der Waals surface area contributed by atoms with Gasteiger partial charge in [-0.2, -0.15) is 0 Å². The highest BCUT2D eigenvalue weighted by atomic mass is 35.5. The van der Waals surface area contributed by atoms with E-state index in [9.17, 15) is 0 Å². The number of rotatable bonds is 4. The van der Waals surface area contributed by atoms with Gasteiger partial charge in [0.05, 0.1) is 30.3 Å². The maximum atomic E-state index is 6.29. The summed E-state index contributed by atoms with van der Waals surface area (Å²) < 4.78 is 10.9. The van der Waals surface area contributed by atoms with Crippen molar-refractivity contribution < 1.29 is 9.47 Å². The van der Waals surface area contributed by atoms with Crippen LogP contribution in [0.2, 0.25) is 5.02 Å². The van der Waals surface area contributed by atoms with E-state index < -0.39 is 0 Å². The molecule has 0 amide bonds. The number of anilines is 1. The van der Waals surface area contributed by atoms with Crippen LogP contribution < -0.4 is 14.8 Å². The Morgan fingerprint density at radius 3 is 2.50 bits per heavy atom. The van der Waals surface area contributed by atoms with Gasteiger partial charge in [-0.1, -0.05) is 11.6 Å². The molecule has 20 heavy (non-hydrogen) atoms. The summed E-state index contributed by atoms with van der Waals surface area (Å²) in [6, 6.07) is 1.74. The summed E-state index contributed by atoms with van der Waals surface area (Å²) >= 11 is 6.29. The van der Waals surface area contributed by atoms with Crippen LogP contribution in [-0.4, -0.2) is 25.7 Å². The Balaban J connectivity index is 2.99. The van der Waals surface area contributed by atoms with Crippen molar-refractivity contribution in [1.82, 2.24) is 4.98 Å². The van der Waals surface area contributed by atoms with Crippen molar-refractivity contribution in [2.24, 2.45) is 0 Å². The Morgan fingerprint density at radius 2 is 1.95 bits per heavy atom. The molecule has 0 fully saturated rings. The Bertz CT molecular complexity index is 656. The van der Waals surface area contributed by atoms with Gasteiger partial charge in [0.15, 0.2) is 0 Å². The van der Waals surface area contributed by atoms with E-state index in [-0.39, 0.29) is 0 Å². The maximum Gasteiger partial charge on any atom is 0.149 e. The average molecular weight is 295 g/mol. The number of halogens is 1. The normalized spacial score (nSPS) is 10.7. The molecule has 1 N–H and O–H groups in total. The van der Waals surface area contributed by atoms with Gasteiger partial charge < -0.3 is 14.8 Å². The van der Waals surface area contributed by atoms with Crippen LogP contribution in [0.1, 0.15) is 18.2 Å². The first kappa shape index (κ1) is 14.7. The van der Waals surface area contributed by atoms with E-state index in [1.807, 2.05) is 13.8 Å². The van der Waals surface area contributed by atoms with Crippen molar-refractivity contribution in [2.75, 3.05) is 26.1 Å². The standard InChI is InChI=1S/C15H19ClN2O2/c1-6-17-13-8(2)9(3)18-14-11(19-4)7-10(16)15(20-5)12(13)14/h7H,6H2,1-5H3,(H,17,18). The predicted octanol–water partition coefficient (Wildman–Crippen LogP) is 3.95. The second-order valence-corrected chi connectivity index (χ2v) is 4.95. The first-order valence-electron chi connectivity index (χ1n) is 6.50. The van der Waals surface area contributed by atoms with Crippen molar-refractivity contribution >= 4 is 28.2 Å². The van der Waals surface area contributed by atoms with Crippen LogP contribution in [-0.2, 0) is 0 Å². The van der Waals surface area contributed by atoms with Crippen LogP contribution in [0, 0.1) is 13.8 Å². The highest BCUT2D eigenvalue weighted by molar-refractivity contribution is 6.34. The van der Waals surface area contributed by atoms with Crippen molar-refractivity contribution in [1.29, 1.82) is 0 Å². The smallest absolute Gasteiger partial charge is 0.149 e. The fourth-order valence-electron chi connectivity index (χ4n) is 2.31. The van der Waals surface area contributed by atoms with Gasteiger partial charge >= 0.3 is 0 Å². The van der Waals surface area contributed by atoms with E-state index in [0.717, 1.165) is 34.4 Å². The zero-order valence-electron chi connectivity index (χ0n) is 12.4. The van der Waals surface area contributed by atoms with Gasteiger partial charge in [0.1, 0.15) is 17.0 Å². The minimum Gasteiger partial charge on any atom is -0.494 e. The lowest BCUT2D eigenvalue weighted by molar-refractivity contribution is 0.410. The minimum atomic E-state index is 0.515. The number of nitrogens with zero attached hydrogens (tertiary/aromatic N) is 1. The summed E-state index contributed by atoms with van der Waals surface area (Å²) in [5.74, 6) is 1.27. The number of fused-ring (bicyclic) bond motifs is 1. The number of hydrogen-bond acceptors (Lipinski definition) is 4. The molecule has 0 aliphatic carbocycles. The Morgan fingerprint density at radius 1 is 1.25 bits per heavy atom. The van der Waals surface area contributed by atoms with Gasteiger partial charge in [0.25, 0.3) is 0 Å². The molecule has 2 aromatic rings. The van der Waals surface area contributed by atoms with E-state index in [1.165, 1.54) is 0 Å². The molecule has 1 aromatic carbocycles. The van der Waals surface area contributed by atoms with Gasteiger partial charge in [-0.25, -0.2) is 4.98 Å². The predicted molar refractivity (Wildman–Crippen MR) is 83.5 cm³/mol. The topological polar surface area (TPSA) is 43.4 Å². The molecule has 0 spiro atoms. The number of benzene rings is 1. The first-order valence-corrected chi connectivity index (χ1v) is 6.88. The van der Waals surface area contributed by atoms with E-state index in [2.05, 4.69) is 17.2 Å². The molecule has 0 saturated carbocycles. The van der Waals surface area contributed by atoms with Gasteiger partial charge in [-0.05, 0) is 26.3 Å². The van der Waals surface area contributed by atoms with Crippen molar-refractivity contribution in [2.45, 2.75) is 20.8 Å². The third kappa shape index (κ3) is 2.24. The highest BCUT2D eigenvalue weighted by Gasteiger charge is 2.19. The molecule has 0 saturated heterocycles. The lowest BCUT2D eigenvalue weighted by Gasteiger charge is -2.18. The van der Waals surface area contributed by atoms with Crippen molar-refractivity contribution in [3.8, 4) is 11.5 Å². The second kappa shape index (κ2) is 5.75. The Labute approximate surface area is 124 Å². The molecule has 0 aliphatic rings. The third-order valence-corrected chi connectivity index (χ3v) is 3.68. The van der Waals surface area contributed by atoms with Crippen molar-refractivity contribution in [3.63, 3.8) is 0 Å². The molecule has 1 heterocycles. The summed E-state index contributed by atoms with van der Waals surface area (Å²) in [6.45, 7) is 6.87. The molecule has 0 unspecified atom stereocenters. The van der Waals surface area contributed by atoms with Gasteiger partial charge in [-0.3, -0.25) is 0 Å². The van der Waals surface area contributed by atoms with Crippen LogP contribution in [0.5, 0.6) is 11.5 Å².